The molecular weight excluding hydrogens is 348 g/mol. The molecular formula is C20H21ClN4O. The Morgan fingerprint density at radius 3 is 2.77 bits per heavy atom. The summed E-state index contributed by atoms with van der Waals surface area (Å²) in [5.74, 6) is 0. The summed E-state index contributed by atoms with van der Waals surface area (Å²) >= 11 is 6.06. The molecule has 1 saturated heterocycles. The Morgan fingerprint density at radius 2 is 2.00 bits per heavy atom. The Labute approximate surface area is 158 Å². The molecule has 1 aliphatic heterocycles. The minimum Gasteiger partial charge on any atom is -0.350 e. The zero-order valence-corrected chi connectivity index (χ0v) is 15.4. The molecule has 0 radical (unpaired) electrons. The van der Waals surface area contributed by atoms with Crippen molar-refractivity contribution >= 4 is 17.3 Å². The van der Waals surface area contributed by atoms with Gasteiger partial charge in [-0.3, -0.25) is 0 Å². The van der Waals surface area contributed by atoms with E-state index in [9.17, 15) is 0 Å². The average molecular weight is 369 g/mol. The zero-order valence-electron chi connectivity index (χ0n) is 14.7. The highest BCUT2D eigenvalue weighted by atomic mass is 35.5. The van der Waals surface area contributed by atoms with Crippen LogP contribution >= 0.6 is 11.6 Å². The van der Waals surface area contributed by atoms with Crippen LogP contribution in [0, 0.1) is 0 Å². The second-order valence-electron chi connectivity index (χ2n) is 6.41. The fourth-order valence-corrected chi connectivity index (χ4v) is 3.44. The molecule has 134 valence electrons. The number of hydrogen-bond acceptors (Lipinski definition) is 4. The van der Waals surface area contributed by atoms with Crippen LogP contribution in [0.15, 0.2) is 54.7 Å². The first-order valence-corrected chi connectivity index (χ1v) is 9.22. The number of aromatic nitrogens is 3. The normalized spacial score (nSPS) is 17.0. The van der Waals surface area contributed by atoms with E-state index in [1.54, 1.807) is 0 Å². The number of hydrogen-bond donors (Lipinski definition) is 0. The van der Waals surface area contributed by atoms with E-state index in [0.717, 1.165) is 34.9 Å². The minimum absolute atomic E-state index is 0.199. The molecule has 0 saturated carbocycles. The summed E-state index contributed by atoms with van der Waals surface area (Å²) in [5, 5.41) is 9.32. The van der Waals surface area contributed by atoms with E-state index in [-0.39, 0.29) is 6.23 Å². The molecule has 0 unspecified atom stereocenters. The maximum absolute atomic E-state index is 6.06. The Balaban J connectivity index is 1.52. The van der Waals surface area contributed by atoms with E-state index in [0.29, 0.717) is 13.2 Å². The largest absolute Gasteiger partial charge is 0.350 e. The molecule has 1 aromatic heterocycles. The second-order valence-corrected chi connectivity index (χ2v) is 6.84. The predicted molar refractivity (Wildman–Crippen MR) is 102 cm³/mol. The van der Waals surface area contributed by atoms with Gasteiger partial charge in [-0.15, -0.1) is 5.10 Å². The monoisotopic (exact) mass is 368 g/mol. The standard InChI is InChI=1S/C20H21ClN4O/c1-2-15-6-8-18(9-7-15)25-10-11-26-20(25)19-14-24(23-22-19)13-16-4-3-5-17(21)12-16/h3-9,12,14,20H,2,10-11,13H2,1H3/t20-/m0/s1. The lowest BCUT2D eigenvalue weighted by molar-refractivity contribution is 0.110. The molecule has 4 rings (SSSR count). The summed E-state index contributed by atoms with van der Waals surface area (Å²) in [6.45, 7) is 4.32. The maximum atomic E-state index is 6.06. The number of anilines is 1. The van der Waals surface area contributed by atoms with E-state index in [2.05, 4.69) is 46.4 Å². The SMILES string of the molecule is CCc1ccc(N2CCO[C@H]2c2cn(Cc3cccc(Cl)c3)nn2)cc1. The van der Waals surface area contributed by atoms with Gasteiger partial charge in [0.25, 0.3) is 0 Å². The van der Waals surface area contributed by atoms with Crippen LogP contribution in [-0.4, -0.2) is 28.1 Å². The Bertz CT molecular complexity index is 878. The maximum Gasteiger partial charge on any atom is 0.177 e. The molecule has 3 aromatic rings. The van der Waals surface area contributed by atoms with Gasteiger partial charge in [0.2, 0.25) is 0 Å². The summed E-state index contributed by atoms with van der Waals surface area (Å²) < 4.78 is 7.75. The molecule has 26 heavy (non-hydrogen) atoms. The van der Waals surface area contributed by atoms with E-state index in [1.807, 2.05) is 35.1 Å². The number of rotatable bonds is 5. The van der Waals surface area contributed by atoms with Crippen molar-refractivity contribution in [1.29, 1.82) is 0 Å². The smallest absolute Gasteiger partial charge is 0.177 e. The topological polar surface area (TPSA) is 43.2 Å². The molecule has 5 nitrogen and oxygen atoms in total. The number of ether oxygens (including phenoxy) is 1. The van der Waals surface area contributed by atoms with Crippen molar-refractivity contribution < 1.29 is 4.74 Å². The van der Waals surface area contributed by atoms with Crippen LogP contribution in [0.2, 0.25) is 5.02 Å². The number of nitrogens with zero attached hydrogens (tertiary/aromatic N) is 4. The molecule has 6 heteroatoms. The third kappa shape index (κ3) is 3.59. The molecule has 2 aromatic carbocycles. The lowest BCUT2D eigenvalue weighted by atomic mass is 10.1. The van der Waals surface area contributed by atoms with Crippen molar-refractivity contribution in [3.8, 4) is 0 Å². The highest BCUT2D eigenvalue weighted by molar-refractivity contribution is 6.30. The van der Waals surface area contributed by atoms with Gasteiger partial charge in [-0.1, -0.05) is 48.0 Å². The van der Waals surface area contributed by atoms with Crippen molar-refractivity contribution in [3.05, 3.63) is 76.6 Å². The number of benzene rings is 2. The number of halogens is 1. The molecule has 1 aliphatic rings. The van der Waals surface area contributed by atoms with E-state index in [4.69, 9.17) is 16.3 Å². The lowest BCUT2D eigenvalue weighted by Gasteiger charge is -2.23. The molecule has 2 heterocycles. The first-order valence-electron chi connectivity index (χ1n) is 8.84. The van der Waals surface area contributed by atoms with Gasteiger partial charge in [-0.05, 0) is 41.8 Å². The van der Waals surface area contributed by atoms with Crippen molar-refractivity contribution in [1.82, 2.24) is 15.0 Å². The van der Waals surface area contributed by atoms with Crippen molar-refractivity contribution in [2.75, 3.05) is 18.1 Å². The third-order valence-electron chi connectivity index (χ3n) is 4.61. The first kappa shape index (κ1) is 17.1. The minimum atomic E-state index is -0.199. The van der Waals surface area contributed by atoms with Gasteiger partial charge in [0.05, 0.1) is 19.3 Å². The van der Waals surface area contributed by atoms with Gasteiger partial charge in [-0.25, -0.2) is 4.68 Å². The van der Waals surface area contributed by atoms with E-state index >= 15 is 0 Å². The van der Waals surface area contributed by atoms with E-state index in [1.165, 1.54) is 5.56 Å². The molecule has 0 aliphatic carbocycles. The van der Waals surface area contributed by atoms with Crippen LogP contribution in [0.1, 0.15) is 30.0 Å². The summed E-state index contributed by atoms with van der Waals surface area (Å²) in [4.78, 5) is 2.23. The molecule has 0 N–H and O–H groups in total. The highest BCUT2D eigenvalue weighted by Gasteiger charge is 2.29. The summed E-state index contributed by atoms with van der Waals surface area (Å²) in [6.07, 6.45) is 2.79. The van der Waals surface area contributed by atoms with Gasteiger partial charge in [0.15, 0.2) is 6.23 Å². The average Bonchev–Trinajstić information content (AvgIpc) is 3.31. The summed E-state index contributed by atoms with van der Waals surface area (Å²) in [7, 11) is 0. The zero-order chi connectivity index (χ0) is 17.9. The van der Waals surface area contributed by atoms with Gasteiger partial charge in [-0.2, -0.15) is 0 Å². The van der Waals surface area contributed by atoms with Crippen LogP contribution in [0.25, 0.3) is 0 Å². The first-order chi connectivity index (χ1) is 12.7. The van der Waals surface area contributed by atoms with Gasteiger partial charge in [0, 0.05) is 17.3 Å². The van der Waals surface area contributed by atoms with Crippen molar-refractivity contribution in [3.63, 3.8) is 0 Å². The summed E-state index contributed by atoms with van der Waals surface area (Å²) in [6, 6.07) is 16.4. The molecule has 0 bridgehead atoms. The fourth-order valence-electron chi connectivity index (χ4n) is 3.23. The molecule has 1 atom stereocenters. The van der Waals surface area contributed by atoms with Crippen LogP contribution in [0.5, 0.6) is 0 Å². The Kier molecular flexibility index (Phi) is 4.91. The van der Waals surface area contributed by atoms with Crippen LogP contribution in [-0.2, 0) is 17.7 Å². The molecule has 1 fully saturated rings. The van der Waals surface area contributed by atoms with Crippen molar-refractivity contribution in [2.24, 2.45) is 0 Å². The number of aryl methyl sites for hydroxylation is 1. The second kappa shape index (κ2) is 7.48. The molecule has 0 amide bonds. The van der Waals surface area contributed by atoms with Gasteiger partial charge in [0.1, 0.15) is 5.69 Å². The highest BCUT2D eigenvalue weighted by Crippen LogP contribution is 2.31. The van der Waals surface area contributed by atoms with Crippen LogP contribution in [0.4, 0.5) is 5.69 Å². The summed E-state index contributed by atoms with van der Waals surface area (Å²) in [5.41, 5.74) is 4.39. The lowest BCUT2D eigenvalue weighted by Crippen LogP contribution is -2.23. The van der Waals surface area contributed by atoms with E-state index < -0.39 is 0 Å². The van der Waals surface area contributed by atoms with Gasteiger partial charge >= 0.3 is 0 Å². The predicted octanol–water partition coefficient (Wildman–Crippen LogP) is 4.08. The van der Waals surface area contributed by atoms with Crippen LogP contribution < -0.4 is 4.90 Å². The van der Waals surface area contributed by atoms with Crippen molar-refractivity contribution in [2.45, 2.75) is 26.1 Å². The third-order valence-corrected chi connectivity index (χ3v) is 4.85. The molecule has 0 spiro atoms. The quantitative estimate of drug-likeness (QED) is 0.680. The Hall–Kier alpha value is -2.37. The fraction of sp³-hybridized carbons (Fsp3) is 0.300. The van der Waals surface area contributed by atoms with Crippen LogP contribution in [0.3, 0.4) is 0 Å². The van der Waals surface area contributed by atoms with Gasteiger partial charge < -0.3 is 9.64 Å². The Morgan fingerprint density at radius 1 is 1.15 bits per heavy atom.